The van der Waals surface area contributed by atoms with Gasteiger partial charge in [-0.1, -0.05) is 0 Å². The molecule has 1 amide bonds. The zero-order chi connectivity index (χ0) is 19.1. The van der Waals surface area contributed by atoms with Gasteiger partial charge < -0.3 is 24.3 Å². The van der Waals surface area contributed by atoms with Crippen LogP contribution in [0.2, 0.25) is 0 Å². The van der Waals surface area contributed by atoms with E-state index in [1.807, 2.05) is 19.1 Å². The molecule has 0 bridgehead atoms. The summed E-state index contributed by atoms with van der Waals surface area (Å²) in [4.78, 5) is 11.9. The van der Waals surface area contributed by atoms with Crippen molar-refractivity contribution in [1.82, 2.24) is 5.43 Å². The summed E-state index contributed by atoms with van der Waals surface area (Å²) in [5.41, 5.74) is 4.01. The van der Waals surface area contributed by atoms with Crippen molar-refractivity contribution in [3.63, 3.8) is 0 Å². The van der Waals surface area contributed by atoms with Crippen LogP contribution in [0.4, 0.5) is 5.69 Å². The number of hydrazone groups is 1. The molecule has 0 radical (unpaired) electrons. The van der Waals surface area contributed by atoms with Crippen LogP contribution >= 0.6 is 0 Å². The quantitative estimate of drug-likeness (QED) is 0.547. The van der Waals surface area contributed by atoms with Crippen molar-refractivity contribution < 1.29 is 23.7 Å². The number of ether oxygens (including phenoxy) is 4. The van der Waals surface area contributed by atoms with E-state index in [1.165, 1.54) is 0 Å². The van der Waals surface area contributed by atoms with Gasteiger partial charge in [0.1, 0.15) is 0 Å². The Hall–Kier alpha value is -3.42. The van der Waals surface area contributed by atoms with Crippen LogP contribution in [0.5, 0.6) is 23.0 Å². The third-order valence-electron chi connectivity index (χ3n) is 3.72. The van der Waals surface area contributed by atoms with Gasteiger partial charge in [0.05, 0.1) is 26.5 Å². The van der Waals surface area contributed by atoms with Gasteiger partial charge in [-0.3, -0.25) is 4.79 Å². The second-order valence-corrected chi connectivity index (χ2v) is 5.56. The molecule has 8 nitrogen and oxygen atoms in total. The summed E-state index contributed by atoms with van der Waals surface area (Å²) >= 11 is 0. The lowest BCUT2D eigenvalue weighted by Gasteiger charge is -2.09. The van der Waals surface area contributed by atoms with Crippen LogP contribution in [-0.4, -0.2) is 39.2 Å². The summed E-state index contributed by atoms with van der Waals surface area (Å²) in [5.74, 6) is 2.34. The summed E-state index contributed by atoms with van der Waals surface area (Å²) in [5, 5.41) is 6.97. The second-order valence-electron chi connectivity index (χ2n) is 5.56. The first-order valence-electron chi connectivity index (χ1n) is 8.46. The first kappa shape index (κ1) is 18.4. The van der Waals surface area contributed by atoms with Crippen LogP contribution in [0.25, 0.3) is 0 Å². The predicted octanol–water partition coefficient (Wildman–Crippen LogP) is 2.38. The first-order chi connectivity index (χ1) is 13.2. The van der Waals surface area contributed by atoms with E-state index in [0.29, 0.717) is 29.6 Å². The van der Waals surface area contributed by atoms with Gasteiger partial charge in [-0.25, -0.2) is 5.43 Å². The molecule has 0 fully saturated rings. The number of hydrogen-bond acceptors (Lipinski definition) is 7. The van der Waals surface area contributed by atoms with E-state index >= 15 is 0 Å². The van der Waals surface area contributed by atoms with Crippen LogP contribution in [0.3, 0.4) is 0 Å². The monoisotopic (exact) mass is 371 g/mol. The molecule has 2 aromatic carbocycles. The van der Waals surface area contributed by atoms with E-state index in [-0.39, 0.29) is 19.2 Å². The van der Waals surface area contributed by atoms with E-state index in [1.54, 1.807) is 37.6 Å². The number of hydrogen-bond donors (Lipinski definition) is 2. The summed E-state index contributed by atoms with van der Waals surface area (Å²) in [6, 6.07) is 10.8. The summed E-state index contributed by atoms with van der Waals surface area (Å²) in [6.07, 6.45) is 1.54. The highest BCUT2D eigenvalue weighted by atomic mass is 16.7. The molecule has 0 atom stereocenters. The average Bonchev–Trinajstić information content (AvgIpc) is 3.15. The zero-order valence-electron chi connectivity index (χ0n) is 15.2. The highest BCUT2D eigenvalue weighted by Gasteiger charge is 2.13. The molecule has 1 heterocycles. The van der Waals surface area contributed by atoms with E-state index in [4.69, 9.17) is 18.9 Å². The number of anilines is 1. The molecular formula is C19H21N3O5. The Balaban J connectivity index is 1.50. The Morgan fingerprint density at radius 1 is 1.19 bits per heavy atom. The van der Waals surface area contributed by atoms with Crippen LogP contribution in [0.1, 0.15) is 12.5 Å². The number of methoxy groups -OCH3 is 1. The summed E-state index contributed by atoms with van der Waals surface area (Å²) in [6.45, 7) is 2.71. The third-order valence-corrected chi connectivity index (χ3v) is 3.72. The van der Waals surface area contributed by atoms with Crippen molar-refractivity contribution in [3.8, 4) is 23.0 Å². The molecule has 0 saturated carbocycles. The number of amides is 1. The average molecular weight is 371 g/mol. The number of nitrogens with zero attached hydrogens (tertiary/aromatic N) is 1. The number of carbonyl (C=O) groups is 1. The Bertz CT molecular complexity index is 838. The molecule has 0 aromatic heterocycles. The molecule has 0 saturated heterocycles. The lowest BCUT2D eigenvalue weighted by atomic mass is 10.2. The third kappa shape index (κ3) is 4.81. The molecule has 0 spiro atoms. The van der Waals surface area contributed by atoms with Gasteiger partial charge in [-0.05, 0) is 42.8 Å². The molecule has 27 heavy (non-hydrogen) atoms. The fourth-order valence-electron chi connectivity index (χ4n) is 2.45. The number of benzene rings is 2. The highest BCUT2D eigenvalue weighted by molar-refractivity contribution is 5.85. The van der Waals surface area contributed by atoms with Crippen LogP contribution < -0.4 is 29.7 Å². The zero-order valence-corrected chi connectivity index (χ0v) is 15.2. The van der Waals surface area contributed by atoms with Gasteiger partial charge in [0.15, 0.2) is 23.0 Å². The number of fused-ring (bicyclic) bond motifs is 1. The Morgan fingerprint density at radius 3 is 2.85 bits per heavy atom. The van der Waals surface area contributed by atoms with Gasteiger partial charge in [-0.15, -0.1) is 0 Å². The largest absolute Gasteiger partial charge is 0.493 e. The van der Waals surface area contributed by atoms with Crippen molar-refractivity contribution in [2.24, 2.45) is 5.10 Å². The van der Waals surface area contributed by atoms with Gasteiger partial charge in [0, 0.05) is 11.8 Å². The SMILES string of the molecule is CCOc1cc(/C=N/NC(=O)CNc2ccc3c(c2)OCO3)ccc1OC. The van der Waals surface area contributed by atoms with Crippen LogP contribution in [0.15, 0.2) is 41.5 Å². The topological polar surface area (TPSA) is 90.4 Å². The van der Waals surface area contributed by atoms with Gasteiger partial charge >= 0.3 is 0 Å². The molecule has 2 aromatic rings. The maximum atomic E-state index is 11.9. The fraction of sp³-hybridized carbons (Fsp3) is 0.263. The lowest BCUT2D eigenvalue weighted by molar-refractivity contribution is -0.119. The van der Waals surface area contributed by atoms with Gasteiger partial charge in [0.25, 0.3) is 5.91 Å². The summed E-state index contributed by atoms with van der Waals surface area (Å²) < 4.78 is 21.3. The number of nitrogens with one attached hydrogen (secondary N) is 2. The molecule has 1 aliphatic rings. The van der Waals surface area contributed by atoms with Crippen LogP contribution in [-0.2, 0) is 4.79 Å². The van der Waals surface area contributed by atoms with Crippen LogP contribution in [0, 0.1) is 0 Å². The number of carbonyl (C=O) groups excluding carboxylic acids is 1. The minimum Gasteiger partial charge on any atom is -0.493 e. The van der Waals surface area contributed by atoms with E-state index < -0.39 is 0 Å². The van der Waals surface area contributed by atoms with E-state index in [0.717, 1.165) is 11.3 Å². The Labute approximate surface area is 157 Å². The maximum absolute atomic E-state index is 11.9. The van der Waals surface area contributed by atoms with Crippen molar-refractivity contribution in [1.29, 1.82) is 0 Å². The molecule has 3 rings (SSSR count). The fourth-order valence-corrected chi connectivity index (χ4v) is 2.45. The molecule has 0 unspecified atom stereocenters. The summed E-state index contributed by atoms with van der Waals surface area (Å²) in [7, 11) is 1.58. The molecule has 8 heteroatoms. The van der Waals surface area contributed by atoms with Crippen molar-refractivity contribution in [2.45, 2.75) is 6.92 Å². The van der Waals surface area contributed by atoms with E-state index in [9.17, 15) is 4.79 Å². The lowest BCUT2D eigenvalue weighted by Crippen LogP contribution is -2.25. The maximum Gasteiger partial charge on any atom is 0.259 e. The molecule has 2 N–H and O–H groups in total. The van der Waals surface area contributed by atoms with Gasteiger partial charge in [-0.2, -0.15) is 5.10 Å². The van der Waals surface area contributed by atoms with Crippen molar-refractivity contribution in [2.75, 3.05) is 32.4 Å². The Kier molecular flexibility index (Phi) is 5.98. The van der Waals surface area contributed by atoms with E-state index in [2.05, 4.69) is 15.8 Å². The standard InChI is InChI=1S/C19H21N3O5/c1-3-25-17-8-13(4-6-15(17)24-2)10-21-22-19(23)11-20-14-5-7-16-18(9-14)27-12-26-16/h4-10,20H,3,11-12H2,1-2H3,(H,22,23)/b21-10+. The molecule has 1 aliphatic heterocycles. The minimum atomic E-state index is -0.275. The molecule has 0 aliphatic carbocycles. The smallest absolute Gasteiger partial charge is 0.259 e. The minimum absolute atomic E-state index is 0.0732. The Morgan fingerprint density at radius 2 is 2.04 bits per heavy atom. The number of rotatable bonds is 8. The first-order valence-corrected chi connectivity index (χ1v) is 8.46. The molecule has 142 valence electrons. The van der Waals surface area contributed by atoms with Crippen molar-refractivity contribution in [3.05, 3.63) is 42.0 Å². The van der Waals surface area contributed by atoms with Gasteiger partial charge in [0.2, 0.25) is 6.79 Å². The highest BCUT2D eigenvalue weighted by Crippen LogP contribution is 2.34. The second kappa shape index (κ2) is 8.79. The normalized spacial score (nSPS) is 12.1. The van der Waals surface area contributed by atoms with Crippen molar-refractivity contribution >= 4 is 17.8 Å². The molecular weight excluding hydrogens is 350 g/mol. The predicted molar refractivity (Wildman–Crippen MR) is 101 cm³/mol.